The summed E-state index contributed by atoms with van der Waals surface area (Å²) in [7, 11) is 0. The fourth-order valence-corrected chi connectivity index (χ4v) is 4.04. The summed E-state index contributed by atoms with van der Waals surface area (Å²) in [6.45, 7) is 0. The van der Waals surface area contributed by atoms with Gasteiger partial charge in [0.2, 0.25) is 0 Å². The minimum absolute atomic E-state index is 0.593. The third kappa shape index (κ3) is 1.39. The van der Waals surface area contributed by atoms with E-state index in [1.54, 1.807) is 3.77 Å². The van der Waals surface area contributed by atoms with Crippen molar-refractivity contribution < 1.29 is 0 Å². The van der Waals surface area contributed by atoms with Gasteiger partial charge >= 0.3 is 76.3 Å². The van der Waals surface area contributed by atoms with Crippen LogP contribution in [0.3, 0.4) is 0 Å². The van der Waals surface area contributed by atoms with Crippen molar-refractivity contribution >= 4 is 35.9 Å². The van der Waals surface area contributed by atoms with Crippen LogP contribution in [-0.2, 0) is 0 Å². The van der Waals surface area contributed by atoms with Gasteiger partial charge in [-0.3, -0.25) is 0 Å². The van der Waals surface area contributed by atoms with Crippen LogP contribution in [0.5, 0.6) is 0 Å². The molecule has 11 heavy (non-hydrogen) atoms. The van der Waals surface area contributed by atoms with Crippen LogP contribution in [0, 0.1) is 0 Å². The maximum absolute atomic E-state index is 2.31. The fourth-order valence-electron chi connectivity index (χ4n) is 1.06. The summed E-state index contributed by atoms with van der Waals surface area (Å²) in [5.41, 5.74) is 0. The molecule has 1 heterocycles. The van der Waals surface area contributed by atoms with Crippen LogP contribution in [0.1, 0.15) is 0 Å². The average Bonchev–Trinajstić information content (AvgIpc) is 2.46. The Kier molecular flexibility index (Phi) is 2.08. The van der Waals surface area contributed by atoms with Gasteiger partial charge in [0.15, 0.2) is 0 Å². The van der Waals surface area contributed by atoms with Gasteiger partial charge in [0, 0.05) is 0 Å². The molecular weight excluding hydrogens is 219 g/mol. The summed E-state index contributed by atoms with van der Waals surface area (Å²) in [6.07, 6.45) is 2.15. The molecule has 56 valence electrons. The molecule has 1 aromatic heterocycles. The molecule has 0 nitrogen and oxygen atoms in total. The molecule has 2 aromatic rings. The van der Waals surface area contributed by atoms with Crippen molar-refractivity contribution in [1.82, 2.24) is 0 Å². The Balaban J connectivity index is 2.69. The number of thioether (sulfide) groups is 1. The zero-order valence-electron chi connectivity index (χ0n) is 6.20. The van der Waals surface area contributed by atoms with Gasteiger partial charge in [-0.25, -0.2) is 0 Å². The third-order valence-electron chi connectivity index (χ3n) is 1.60. The van der Waals surface area contributed by atoms with Crippen molar-refractivity contribution in [2.24, 2.45) is 0 Å². The molecular formula is C9H8SSe. The van der Waals surface area contributed by atoms with Crippen LogP contribution in [0.4, 0.5) is 0 Å². The Morgan fingerprint density at radius 2 is 2.09 bits per heavy atom. The fraction of sp³-hybridized carbons (Fsp3) is 0.111. The molecule has 0 bridgehead atoms. The molecule has 0 amide bonds. The molecule has 0 saturated heterocycles. The Labute approximate surface area is 76.4 Å². The van der Waals surface area contributed by atoms with Crippen molar-refractivity contribution in [3.8, 4) is 0 Å². The number of hydrogen-bond donors (Lipinski definition) is 0. The molecule has 0 atom stereocenters. The first kappa shape index (κ1) is 7.48. The normalized spacial score (nSPS) is 10.6. The SMILES string of the molecule is CSc1cc2ccccc2[se]1. The monoisotopic (exact) mass is 228 g/mol. The van der Waals surface area contributed by atoms with Crippen molar-refractivity contribution in [2.45, 2.75) is 3.77 Å². The van der Waals surface area contributed by atoms with E-state index in [9.17, 15) is 0 Å². The van der Waals surface area contributed by atoms with E-state index in [1.807, 2.05) is 11.8 Å². The van der Waals surface area contributed by atoms with Gasteiger partial charge in [-0.2, -0.15) is 0 Å². The van der Waals surface area contributed by atoms with E-state index in [0.717, 1.165) is 0 Å². The third-order valence-corrected chi connectivity index (χ3v) is 5.52. The van der Waals surface area contributed by atoms with Gasteiger partial charge in [-0.05, 0) is 0 Å². The van der Waals surface area contributed by atoms with Gasteiger partial charge in [-0.15, -0.1) is 0 Å². The quantitative estimate of drug-likeness (QED) is 0.533. The number of rotatable bonds is 1. The molecule has 0 aliphatic carbocycles. The predicted octanol–water partition coefficient (Wildman–Crippen LogP) is 2.62. The molecule has 0 aliphatic rings. The molecule has 0 saturated carbocycles. The molecule has 0 unspecified atom stereocenters. The van der Waals surface area contributed by atoms with Crippen molar-refractivity contribution in [2.75, 3.05) is 6.26 Å². The first-order valence-electron chi connectivity index (χ1n) is 3.43. The van der Waals surface area contributed by atoms with Crippen molar-refractivity contribution in [1.29, 1.82) is 0 Å². The second-order valence-corrected chi connectivity index (χ2v) is 6.01. The van der Waals surface area contributed by atoms with Gasteiger partial charge in [0.05, 0.1) is 0 Å². The van der Waals surface area contributed by atoms with Gasteiger partial charge in [-0.1, -0.05) is 0 Å². The number of fused-ring (bicyclic) bond motifs is 1. The first-order chi connectivity index (χ1) is 5.40. The standard InChI is InChI=1S/C9H8SSe/c1-10-9-6-7-4-2-3-5-8(7)11-9/h2-6H,1H3. The van der Waals surface area contributed by atoms with Crippen LogP contribution in [0.2, 0.25) is 0 Å². The molecule has 0 N–H and O–H groups in total. The van der Waals surface area contributed by atoms with Crippen LogP contribution >= 0.6 is 11.8 Å². The summed E-state index contributed by atoms with van der Waals surface area (Å²) in [5, 5.41) is 1.43. The predicted molar refractivity (Wildman–Crippen MR) is 52.7 cm³/mol. The van der Waals surface area contributed by atoms with Crippen LogP contribution in [-0.4, -0.2) is 20.8 Å². The Morgan fingerprint density at radius 3 is 2.82 bits per heavy atom. The second-order valence-electron chi connectivity index (χ2n) is 2.31. The molecule has 1 aromatic carbocycles. The van der Waals surface area contributed by atoms with E-state index >= 15 is 0 Å². The molecule has 2 heteroatoms. The Bertz CT molecular complexity index is 331. The van der Waals surface area contributed by atoms with E-state index in [1.165, 1.54) is 9.65 Å². The second kappa shape index (κ2) is 3.06. The van der Waals surface area contributed by atoms with Crippen molar-refractivity contribution in [3.63, 3.8) is 0 Å². The molecule has 0 aliphatic heterocycles. The van der Waals surface area contributed by atoms with E-state index in [2.05, 4.69) is 36.6 Å². The molecule has 0 spiro atoms. The zero-order chi connectivity index (χ0) is 7.68. The summed E-state index contributed by atoms with van der Waals surface area (Å²) in [4.78, 5) is 0. The topological polar surface area (TPSA) is 0 Å². The zero-order valence-corrected chi connectivity index (χ0v) is 8.73. The average molecular weight is 227 g/mol. The Hall–Kier alpha value is -0.171. The Morgan fingerprint density at radius 1 is 1.27 bits per heavy atom. The van der Waals surface area contributed by atoms with Gasteiger partial charge in [0.25, 0.3) is 0 Å². The molecule has 0 fully saturated rings. The van der Waals surface area contributed by atoms with Gasteiger partial charge in [0.1, 0.15) is 0 Å². The van der Waals surface area contributed by atoms with E-state index in [-0.39, 0.29) is 0 Å². The minimum atomic E-state index is 0.593. The summed E-state index contributed by atoms with van der Waals surface area (Å²) in [5.74, 6) is 0. The van der Waals surface area contributed by atoms with Crippen LogP contribution < -0.4 is 0 Å². The van der Waals surface area contributed by atoms with Crippen LogP contribution in [0.25, 0.3) is 9.65 Å². The summed E-state index contributed by atoms with van der Waals surface area (Å²) < 4.78 is 3.07. The maximum atomic E-state index is 2.31. The summed E-state index contributed by atoms with van der Waals surface area (Å²) >= 11 is 2.47. The van der Waals surface area contributed by atoms with Crippen molar-refractivity contribution in [3.05, 3.63) is 30.3 Å². The van der Waals surface area contributed by atoms with E-state index < -0.39 is 0 Å². The number of benzene rings is 1. The molecule has 2 rings (SSSR count). The summed E-state index contributed by atoms with van der Waals surface area (Å²) in [6, 6.07) is 11.0. The first-order valence-corrected chi connectivity index (χ1v) is 6.36. The number of hydrogen-bond acceptors (Lipinski definition) is 1. The van der Waals surface area contributed by atoms with E-state index in [0.29, 0.717) is 14.5 Å². The van der Waals surface area contributed by atoms with E-state index in [4.69, 9.17) is 0 Å². The van der Waals surface area contributed by atoms with Gasteiger partial charge < -0.3 is 0 Å². The van der Waals surface area contributed by atoms with Crippen LogP contribution in [0.15, 0.2) is 34.1 Å². The molecule has 0 radical (unpaired) electrons.